The third-order valence-corrected chi connectivity index (χ3v) is 3.75. The van der Waals surface area contributed by atoms with Gasteiger partial charge in [0.25, 0.3) is 5.69 Å². The number of anilines is 1. The van der Waals surface area contributed by atoms with E-state index in [1.165, 1.54) is 20.3 Å². The normalized spacial score (nSPS) is 21.7. The summed E-state index contributed by atoms with van der Waals surface area (Å²) in [5.74, 6) is 0.773. The van der Waals surface area contributed by atoms with Gasteiger partial charge in [-0.3, -0.25) is 10.1 Å². The summed E-state index contributed by atoms with van der Waals surface area (Å²) in [4.78, 5) is 10.8. The lowest BCUT2D eigenvalue weighted by atomic mass is 9.93. The molecule has 1 aliphatic rings. The number of aliphatic hydroxyl groups excluding tert-OH is 1. The summed E-state index contributed by atoms with van der Waals surface area (Å²) in [7, 11) is 2.93. The smallest absolute Gasteiger partial charge is 0.296 e. The number of methoxy groups -OCH3 is 2. The van der Waals surface area contributed by atoms with Crippen molar-refractivity contribution in [2.24, 2.45) is 0 Å². The van der Waals surface area contributed by atoms with Gasteiger partial charge in [0.1, 0.15) is 5.69 Å². The third-order valence-electron chi connectivity index (χ3n) is 3.75. The zero-order valence-corrected chi connectivity index (χ0v) is 12.2. The second-order valence-corrected chi connectivity index (χ2v) is 5.13. The van der Waals surface area contributed by atoms with Gasteiger partial charge in [0, 0.05) is 12.1 Å². The molecule has 0 heterocycles. The number of hydrogen-bond donors (Lipinski definition) is 2. The van der Waals surface area contributed by atoms with Crippen LogP contribution in [0.1, 0.15) is 25.7 Å². The zero-order valence-electron chi connectivity index (χ0n) is 12.2. The Labute approximate surface area is 123 Å². The van der Waals surface area contributed by atoms with Gasteiger partial charge < -0.3 is 19.9 Å². The first kappa shape index (κ1) is 15.4. The lowest BCUT2D eigenvalue weighted by molar-refractivity contribution is -0.384. The molecular weight excluding hydrogens is 276 g/mol. The summed E-state index contributed by atoms with van der Waals surface area (Å²) in [6, 6.07) is 3.06. The second-order valence-electron chi connectivity index (χ2n) is 5.13. The molecule has 21 heavy (non-hydrogen) atoms. The highest BCUT2D eigenvalue weighted by Gasteiger charge is 2.24. The highest BCUT2D eigenvalue weighted by atomic mass is 16.6. The van der Waals surface area contributed by atoms with Gasteiger partial charge in [-0.2, -0.15) is 0 Å². The average Bonchev–Trinajstić information content (AvgIpc) is 2.48. The van der Waals surface area contributed by atoms with Crippen LogP contribution in [0.15, 0.2) is 12.1 Å². The quantitative estimate of drug-likeness (QED) is 0.639. The molecule has 0 unspecified atom stereocenters. The van der Waals surface area contributed by atoms with Gasteiger partial charge in [-0.1, -0.05) is 0 Å². The molecule has 0 radical (unpaired) electrons. The predicted octanol–water partition coefficient (Wildman–Crippen LogP) is 2.33. The molecule has 0 spiro atoms. The van der Waals surface area contributed by atoms with Crippen molar-refractivity contribution < 1.29 is 19.5 Å². The van der Waals surface area contributed by atoms with Crippen LogP contribution in [0.5, 0.6) is 11.5 Å². The Kier molecular flexibility index (Phi) is 4.85. The molecule has 1 aliphatic carbocycles. The summed E-state index contributed by atoms with van der Waals surface area (Å²) in [5.41, 5.74) is 0.373. The fraction of sp³-hybridized carbons (Fsp3) is 0.571. The Morgan fingerprint density at radius 1 is 1.19 bits per heavy atom. The molecule has 7 heteroatoms. The van der Waals surface area contributed by atoms with E-state index in [0.717, 1.165) is 12.8 Å². The molecule has 0 saturated heterocycles. The molecule has 0 aliphatic heterocycles. The third kappa shape index (κ3) is 3.55. The Balaban J connectivity index is 2.26. The molecule has 7 nitrogen and oxygen atoms in total. The van der Waals surface area contributed by atoms with Gasteiger partial charge in [-0.25, -0.2) is 0 Å². The Morgan fingerprint density at radius 3 is 2.29 bits per heavy atom. The van der Waals surface area contributed by atoms with E-state index < -0.39 is 4.92 Å². The molecule has 0 amide bonds. The van der Waals surface area contributed by atoms with E-state index in [2.05, 4.69) is 5.32 Å². The van der Waals surface area contributed by atoms with Gasteiger partial charge in [0.05, 0.1) is 31.3 Å². The van der Waals surface area contributed by atoms with E-state index in [0.29, 0.717) is 30.0 Å². The van der Waals surface area contributed by atoms with Crippen molar-refractivity contribution in [1.82, 2.24) is 0 Å². The average molecular weight is 296 g/mol. The molecule has 1 aromatic carbocycles. The summed E-state index contributed by atoms with van der Waals surface area (Å²) in [5, 5.41) is 23.9. The Morgan fingerprint density at radius 2 is 1.76 bits per heavy atom. The highest BCUT2D eigenvalue weighted by Crippen LogP contribution is 2.38. The van der Waals surface area contributed by atoms with Crippen LogP contribution in [0.4, 0.5) is 11.4 Å². The van der Waals surface area contributed by atoms with Crippen LogP contribution in [0.3, 0.4) is 0 Å². The molecule has 1 aromatic rings. The number of nitro benzene ring substituents is 1. The van der Waals surface area contributed by atoms with Crippen LogP contribution in [-0.2, 0) is 0 Å². The monoisotopic (exact) mass is 296 g/mol. The minimum atomic E-state index is -0.442. The predicted molar refractivity (Wildman–Crippen MR) is 78.1 cm³/mol. The van der Waals surface area contributed by atoms with Gasteiger partial charge in [0.2, 0.25) is 0 Å². The molecule has 0 aromatic heterocycles. The SMILES string of the molecule is COc1cc(NC2CCC(O)CC2)c([N+](=O)[O-])cc1OC. The first-order chi connectivity index (χ1) is 10.0. The van der Waals surface area contributed by atoms with Crippen molar-refractivity contribution >= 4 is 11.4 Å². The van der Waals surface area contributed by atoms with Gasteiger partial charge >= 0.3 is 0 Å². The topological polar surface area (TPSA) is 93.9 Å². The van der Waals surface area contributed by atoms with Crippen molar-refractivity contribution in [3.63, 3.8) is 0 Å². The number of aliphatic hydroxyl groups is 1. The maximum atomic E-state index is 11.2. The lowest BCUT2D eigenvalue weighted by Crippen LogP contribution is -2.28. The van der Waals surface area contributed by atoms with Gasteiger partial charge in [-0.05, 0) is 25.7 Å². The molecule has 116 valence electrons. The standard InChI is InChI=1S/C14H20N2O5/c1-20-13-7-11(12(16(18)19)8-14(13)21-2)15-9-3-5-10(17)6-4-9/h7-10,15,17H,3-6H2,1-2H3. The van der Waals surface area contributed by atoms with E-state index in [-0.39, 0.29) is 17.8 Å². The van der Waals surface area contributed by atoms with Crippen LogP contribution < -0.4 is 14.8 Å². The summed E-state index contributed by atoms with van der Waals surface area (Å²) >= 11 is 0. The van der Waals surface area contributed by atoms with Crippen LogP contribution in [0.25, 0.3) is 0 Å². The zero-order chi connectivity index (χ0) is 15.4. The largest absolute Gasteiger partial charge is 0.493 e. The highest BCUT2D eigenvalue weighted by molar-refractivity contribution is 5.68. The summed E-state index contributed by atoms with van der Waals surface area (Å²) < 4.78 is 10.3. The van der Waals surface area contributed by atoms with E-state index in [1.807, 2.05) is 0 Å². The Bertz CT molecular complexity index is 512. The minimum absolute atomic E-state index is 0.0428. The minimum Gasteiger partial charge on any atom is -0.493 e. The molecule has 1 saturated carbocycles. The fourth-order valence-corrected chi connectivity index (χ4v) is 2.57. The maximum absolute atomic E-state index is 11.2. The van der Waals surface area contributed by atoms with Crippen molar-refractivity contribution in [1.29, 1.82) is 0 Å². The van der Waals surface area contributed by atoms with Crippen LogP contribution in [0.2, 0.25) is 0 Å². The molecule has 1 fully saturated rings. The Hall–Kier alpha value is -2.02. The van der Waals surface area contributed by atoms with Crippen LogP contribution >= 0.6 is 0 Å². The molecule has 0 atom stereocenters. The van der Waals surface area contributed by atoms with E-state index >= 15 is 0 Å². The number of nitrogens with zero attached hydrogens (tertiary/aromatic N) is 1. The van der Waals surface area contributed by atoms with Crippen LogP contribution in [-0.4, -0.2) is 36.4 Å². The second kappa shape index (κ2) is 6.62. The maximum Gasteiger partial charge on any atom is 0.296 e. The number of nitrogens with one attached hydrogen (secondary N) is 1. The fourth-order valence-electron chi connectivity index (χ4n) is 2.57. The number of nitro groups is 1. The van der Waals surface area contributed by atoms with E-state index in [4.69, 9.17) is 9.47 Å². The number of rotatable bonds is 5. The van der Waals surface area contributed by atoms with Gasteiger partial charge in [0.15, 0.2) is 11.5 Å². The van der Waals surface area contributed by atoms with E-state index in [1.54, 1.807) is 6.07 Å². The van der Waals surface area contributed by atoms with Crippen molar-refractivity contribution in [2.75, 3.05) is 19.5 Å². The summed E-state index contributed by atoms with van der Waals surface area (Å²) in [6.45, 7) is 0. The van der Waals surface area contributed by atoms with Gasteiger partial charge in [-0.15, -0.1) is 0 Å². The van der Waals surface area contributed by atoms with Crippen molar-refractivity contribution in [3.8, 4) is 11.5 Å². The molecule has 2 rings (SSSR count). The van der Waals surface area contributed by atoms with Crippen molar-refractivity contribution in [2.45, 2.75) is 37.8 Å². The van der Waals surface area contributed by atoms with Crippen LogP contribution in [0, 0.1) is 10.1 Å². The molecular formula is C14H20N2O5. The summed E-state index contributed by atoms with van der Waals surface area (Å²) in [6.07, 6.45) is 2.72. The van der Waals surface area contributed by atoms with E-state index in [9.17, 15) is 15.2 Å². The molecule has 2 N–H and O–H groups in total. The first-order valence-electron chi connectivity index (χ1n) is 6.90. The molecule has 0 bridgehead atoms. The number of ether oxygens (including phenoxy) is 2. The lowest BCUT2D eigenvalue weighted by Gasteiger charge is -2.27. The number of benzene rings is 1. The number of hydrogen-bond acceptors (Lipinski definition) is 6. The van der Waals surface area contributed by atoms with Crippen molar-refractivity contribution in [3.05, 3.63) is 22.2 Å². The first-order valence-corrected chi connectivity index (χ1v) is 6.90.